The van der Waals surface area contributed by atoms with Gasteiger partial charge in [-0.1, -0.05) is 6.92 Å². The number of carbonyl (C=O) groups excluding carboxylic acids is 1. The molecule has 5 heteroatoms. The summed E-state index contributed by atoms with van der Waals surface area (Å²) in [5.74, 6) is 0.411. The van der Waals surface area contributed by atoms with Crippen molar-refractivity contribution in [3.8, 4) is 0 Å². The first-order chi connectivity index (χ1) is 8.16. The van der Waals surface area contributed by atoms with Crippen molar-refractivity contribution >= 4 is 27.5 Å². The van der Waals surface area contributed by atoms with Crippen molar-refractivity contribution in [3.05, 3.63) is 22.9 Å². The third kappa shape index (κ3) is 3.26. The van der Waals surface area contributed by atoms with Gasteiger partial charge in [-0.05, 0) is 53.4 Å². The third-order valence-corrected chi connectivity index (χ3v) is 3.52. The van der Waals surface area contributed by atoms with E-state index >= 15 is 0 Å². The van der Waals surface area contributed by atoms with Crippen molar-refractivity contribution in [2.45, 2.75) is 25.8 Å². The molecule has 0 spiro atoms. The summed E-state index contributed by atoms with van der Waals surface area (Å²) in [7, 11) is 0. The largest absolute Gasteiger partial charge is 0.323 e. The molecule has 17 heavy (non-hydrogen) atoms. The van der Waals surface area contributed by atoms with Crippen LogP contribution >= 0.6 is 15.9 Å². The van der Waals surface area contributed by atoms with E-state index in [4.69, 9.17) is 0 Å². The number of piperidine rings is 1. The Hall–Kier alpha value is -0.940. The van der Waals surface area contributed by atoms with E-state index in [1.165, 1.54) is 0 Å². The van der Waals surface area contributed by atoms with Crippen LogP contribution in [0.3, 0.4) is 0 Å². The molecule has 2 heterocycles. The molecule has 1 aromatic rings. The molecule has 1 aromatic heterocycles. The lowest BCUT2D eigenvalue weighted by atomic mass is 9.92. The molecule has 0 aliphatic carbocycles. The van der Waals surface area contributed by atoms with Gasteiger partial charge in [0.2, 0.25) is 5.91 Å². The van der Waals surface area contributed by atoms with Gasteiger partial charge < -0.3 is 10.6 Å². The molecular formula is C12H16BrN3O. The zero-order valence-electron chi connectivity index (χ0n) is 9.74. The summed E-state index contributed by atoms with van der Waals surface area (Å²) in [5, 5.41) is 6.14. The molecule has 1 aliphatic heterocycles. The Morgan fingerprint density at radius 2 is 2.41 bits per heavy atom. The molecule has 0 radical (unpaired) electrons. The van der Waals surface area contributed by atoms with Gasteiger partial charge in [0.05, 0.1) is 17.9 Å². The fourth-order valence-electron chi connectivity index (χ4n) is 2.07. The van der Waals surface area contributed by atoms with E-state index in [1.54, 1.807) is 6.20 Å². The quantitative estimate of drug-likeness (QED) is 0.823. The van der Waals surface area contributed by atoms with Crippen molar-refractivity contribution in [3.63, 3.8) is 0 Å². The average molecular weight is 298 g/mol. The molecule has 0 bridgehead atoms. The standard InChI is InChI=1S/C12H16BrN3O/c1-8-3-2-6-14-11(8)12(17)16-9-4-5-10(13)15-7-9/h4-5,7-8,11,14H,2-3,6H2,1H3,(H,16,17). The van der Waals surface area contributed by atoms with Crippen molar-refractivity contribution in [1.29, 1.82) is 0 Å². The molecule has 2 N–H and O–H groups in total. The van der Waals surface area contributed by atoms with Gasteiger partial charge in [0.25, 0.3) is 0 Å². The lowest BCUT2D eigenvalue weighted by Crippen LogP contribution is -2.48. The monoisotopic (exact) mass is 297 g/mol. The predicted molar refractivity (Wildman–Crippen MR) is 70.8 cm³/mol. The number of aromatic nitrogens is 1. The molecule has 92 valence electrons. The second-order valence-corrected chi connectivity index (χ2v) is 5.22. The van der Waals surface area contributed by atoms with Crippen LogP contribution in [0.4, 0.5) is 5.69 Å². The van der Waals surface area contributed by atoms with Gasteiger partial charge in [0.15, 0.2) is 0 Å². The van der Waals surface area contributed by atoms with Crippen molar-refractivity contribution in [2.75, 3.05) is 11.9 Å². The average Bonchev–Trinajstić information content (AvgIpc) is 2.32. The number of nitrogens with one attached hydrogen (secondary N) is 2. The second-order valence-electron chi connectivity index (χ2n) is 4.41. The summed E-state index contributed by atoms with van der Waals surface area (Å²) in [6.45, 7) is 3.03. The Balaban J connectivity index is 1.98. The summed E-state index contributed by atoms with van der Waals surface area (Å²) in [4.78, 5) is 16.1. The van der Waals surface area contributed by atoms with Crippen molar-refractivity contribution < 1.29 is 4.79 Å². The van der Waals surface area contributed by atoms with Gasteiger partial charge in [-0.3, -0.25) is 4.79 Å². The molecule has 1 aliphatic rings. The molecule has 1 saturated heterocycles. The molecule has 2 rings (SSSR count). The van der Waals surface area contributed by atoms with Gasteiger partial charge in [0, 0.05) is 0 Å². The Kier molecular flexibility index (Phi) is 4.12. The number of anilines is 1. The fraction of sp³-hybridized carbons (Fsp3) is 0.500. The second kappa shape index (κ2) is 5.60. The minimum absolute atomic E-state index is 0.0290. The lowest BCUT2D eigenvalue weighted by molar-refractivity contribution is -0.119. The number of halogens is 1. The smallest absolute Gasteiger partial charge is 0.241 e. The van der Waals surface area contributed by atoms with E-state index in [0.717, 1.165) is 29.7 Å². The normalized spacial score (nSPS) is 24.4. The zero-order chi connectivity index (χ0) is 12.3. The summed E-state index contributed by atoms with van der Waals surface area (Å²) in [6, 6.07) is 3.56. The molecule has 1 fully saturated rings. The maximum Gasteiger partial charge on any atom is 0.241 e. The van der Waals surface area contributed by atoms with Crippen LogP contribution < -0.4 is 10.6 Å². The first-order valence-corrected chi connectivity index (χ1v) is 6.62. The first-order valence-electron chi connectivity index (χ1n) is 5.82. The van der Waals surface area contributed by atoms with Crippen LogP contribution in [0.2, 0.25) is 0 Å². The molecule has 2 unspecified atom stereocenters. The number of hydrogen-bond donors (Lipinski definition) is 2. The Bertz CT molecular complexity index is 393. The highest BCUT2D eigenvalue weighted by Crippen LogP contribution is 2.17. The molecule has 2 atom stereocenters. The van der Waals surface area contributed by atoms with E-state index in [2.05, 4.69) is 38.5 Å². The fourth-order valence-corrected chi connectivity index (χ4v) is 2.30. The van der Waals surface area contributed by atoms with Gasteiger partial charge in [-0.15, -0.1) is 0 Å². The summed E-state index contributed by atoms with van der Waals surface area (Å²) in [6.07, 6.45) is 3.89. The maximum atomic E-state index is 12.0. The van der Waals surface area contributed by atoms with Crippen molar-refractivity contribution in [2.24, 2.45) is 5.92 Å². The summed E-state index contributed by atoms with van der Waals surface area (Å²) >= 11 is 3.26. The third-order valence-electron chi connectivity index (χ3n) is 3.05. The number of nitrogens with zero attached hydrogens (tertiary/aromatic N) is 1. The molecular weight excluding hydrogens is 282 g/mol. The SMILES string of the molecule is CC1CCCNC1C(=O)Nc1ccc(Br)nc1. The van der Waals surface area contributed by atoms with E-state index in [0.29, 0.717) is 5.92 Å². The van der Waals surface area contributed by atoms with Crippen LogP contribution in [0.5, 0.6) is 0 Å². The topological polar surface area (TPSA) is 54.0 Å². The molecule has 4 nitrogen and oxygen atoms in total. The summed E-state index contributed by atoms with van der Waals surface area (Å²) in [5.41, 5.74) is 0.734. The van der Waals surface area contributed by atoms with Crippen LogP contribution in [-0.4, -0.2) is 23.5 Å². The Labute approximate surface area is 109 Å². The highest BCUT2D eigenvalue weighted by atomic mass is 79.9. The highest BCUT2D eigenvalue weighted by Gasteiger charge is 2.27. The van der Waals surface area contributed by atoms with E-state index in [1.807, 2.05) is 12.1 Å². The van der Waals surface area contributed by atoms with Crippen LogP contribution in [0.1, 0.15) is 19.8 Å². The van der Waals surface area contributed by atoms with E-state index in [9.17, 15) is 4.79 Å². The number of hydrogen-bond acceptors (Lipinski definition) is 3. The maximum absolute atomic E-state index is 12.0. The minimum Gasteiger partial charge on any atom is -0.323 e. The molecule has 1 amide bonds. The number of carbonyl (C=O) groups is 1. The van der Waals surface area contributed by atoms with Gasteiger partial charge >= 0.3 is 0 Å². The van der Waals surface area contributed by atoms with Gasteiger partial charge in [0.1, 0.15) is 4.60 Å². The van der Waals surface area contributed by atoms with Gasteiger partial charge in [-0.2, -0.15) is 0 Å². The van der Waals surface area contributed by atoms with Crippen LogP contribution in [0, 0.1) is 5.92 Å². The highest BCUT2D eigenvalue weighted by molar-refractivity contribution is 9.10. The first kappa shape index (κ1) is 12.5. The van der Waals surface area contributed by atoms with Crippen molar-refractivity contribution in [1.82, 2.24) is 10.3 Å². The van der Waals surface area contributed by atoms with E-state index < -0.39 is 0 Å². The van der Waals surface area contributed by atoms with Gasteiger partial charge in [-0.25, -0.2) is 4.98 Å². The zero-order valence-corrected chi connectivity index (χ0v) is 11.3. The lowest BCUT2D eigenvalue weighted by Gasteiger charge is -2.28. The number of amides is 1. The Morgan fingerprint density at radius 1 is 1.59 bits per heavy atom. The summed E-state index contributed by atoms with van der Waals surface area (Å²) < 4.78 is 0.764. The molecule has 0 aromatic carbocycles. The Morgan fingerprint density at radius 3 is 3.06 bits per heavy atom. The minimum atomic E-state index is -0.0904. The number of pyridine rings is 1. The molecule has 0 saturated carbocycles. The predicted octanol–water partition coefficient (Wildman–Crippen LogP) is 2.17. The van der Waals surface area contributed by atoms with Crippen LogP contribution in [0.15, 0.2) is 22.9 Å². The number of rotatable bonds is 2. The van der Waals surface area contributed by atoms with E-state index in [-0.39, 0.29) is 11.9 Å². The van der Waals surface area contributed by atoms with Crippen LogP contribution in [-0.2, 0) is 4.79 Å². The van der Waals surface area contributed by atoms with Crippen LogP contribution in [0.25, 0.3) is 0 Å².